The van der Waals surface area contributed by atoms with Crippen LogP contribution in [0.5, 0.6) is 0 Å². The van der Waals surface area contributed by atoms with E-state index in [1.807, 2.05) is 42.2 Å². The highest BCUT2D eigenvalue weighted by Crippen LogP contribution is 2.32. The summed E-state index contributed by atoms with van der Waals surface area (Å²) in [6.45, 7) is 3.95. The number of hydrogen-bond donors (Lipinski definition) is 2. The molecular weight excluding hydrogens is 342 g/mol. The lowest BCUT2D eigenvalue weighted by Gasteiger charge is -2.27. The first-order valence-electron chi connectivity index (χ1n) is 9.06. The Kier molecular flexibility index (Phi) is 5.76. The number of fused-ring (bicyclic) bond motifs is 1. The van der Waals surface area contributed by atoms with Gasteiger partial charge in [0.2, 0.25) is 11.8 Å². The molecule has 2 atom stereocenters. The Morgan fingerprint density at radius 1 is 1.15 bits per heavy atom. The highest BCUT2D eigenvalue weighted by molar-refractivity contribution is 6.00. The predicted molar refractivity (Wildman–Crippen MR) is 107 cm³/mol. The molecule has 2 aromatic rings. The molecule has 1 aliphatic rings. The smallest absolute Gasteiger partial charge is 0.250 e. The van der Waals surface area contributed by atoms with Gasteiger partial charge in [0.15, 0.2) is 0 Å². The van der Waals surface area contributed by atoms with E-state index in [0.717, 1.165) is 17.8 Å². The van der Waals surface area contributed by atoms with Crippen molar-refractivity contribution in [1.29, 1.82) is 0 Å². The van der Waals surface area contributed by atoms with Crippen molar-refractivity contribution < 1.29 is 14.3 Å². The van der Waals surface area contributed by atoms with Gasteiger partial charge in [0.25, 0.3) is 0 Å². The van der Waals surface area contributed by atoms with Crippen molar-refractivity contribution in [3.63, 3.8) is 0 Å². The zero-order valence-corrected chi connectivity index (χ0v) is 15.9. The van der Waals surface area contributed by atoms with Crippen LogP contribution in [-0.2, 0) is 20.7 Å². The number of benzene rings is 2. The van der Waals surface area contributed by atoms with Crippen LogP contribution < -0.4 is 15.5 Å². The maximum absolute atomic E-state index is 13.0. The minimum absolute atomic E-state index is 0.0149. The molecule has 1 heterocycles. The second kappa shape index (κ2) is 8.22. The molecule has 2 N–H and O–H groups in total. The molecule has 1 aliphatic heterocycles. The van der Waals surface area contributed by atoms with E-state index in [9.17, 15) is 9.59 Å². The maximum Gasteiger partial charge on any atom is 0.250 e. The van der Waals surface area contributed by atoms with Crippen LogP contribution in [0.2, 0.25) is 0 Å². The maximum atomic E-state index is 13.0. The van der Waals surface area contributed by atoms with Crippen LogP contribution in [0.4, 0.5) is 17.1 Å². The number of amides is 2. The van der Waals surface area contributed by atoms with E-state index in [1.165, 1.54) is 12.7 Å². The summed E-state index contributed by atoms with van der Waals surface area (Å²) in [6, 6.07) is 15.1. The summed E-state index contributed by atoms with van der Waals surface area (Å²) in [4.78, 5) is 26.4. The SMILES string of the molecule is COCC(=O)Nc1ccc(N[C@H](C)C(=O)N2c3ccccc3C[C@H]2C)cc1. The van der Waals surface area contributed by atoms with Crippen molar-refractivity contribution in [1.82, 2.24) is 0 Å². The molecule has 0 aromatic heterocycles. The second-order valence-electron chi connectivity index (χ2n) is 6.81. The number of ether oxygens (including phenoxy) is 1. The van der Waals surface area contributed by atoms with Gasteiger partial charge in [0, 0.05) is 30.2 Å². The quantitative estimate of drug-likeness (QED) is 0.823. The van der Waals surface area contributed by atoms with Crippen molar-refractivity contribution in [2.24, 2.45) is 0 Å². The zero-order chi connectivity index (χ0) is 19.4. The predicted octanol–water partition coefficient (Wildman–Crippen LogP) is 3.05. The summed E-state index contributed by atoms with van der Waals surface area (Å²) in [5.74, 6) is -0.159. The van der Waals surface area contributed by atoms with E-state index in [0.29, 0.717) is 5.69 Å². The monoisotopic (exact) mass is 367 g/mol. The third-order valence-electron chi connectivity index (χ3n) is 4.64. The molecule has 0 aliphatic carbocycles. The number of rotatable bonds is 6. The van der Waals surface area contributed by atoms with Crippen LogP contribution in [0.25, 0.3) is 0 Å². The normalized spacial score (nSPS) is 16.6. The fraction of sp³-hybridized carbons (Fsp3) is 0.333. The van der Waals surface area contributed by atoms with Crippen molar-refractivity contribution in [2.45, 2.75) is 32.4 Å². The fourth-order valence-electron chi connectivity index (χ4n) is 3.40. The van der Waals surface area contributed by atoms with Crippen molar-refractivity contribution >= 4 is 28.9 Å². The van der Waals surface area contributed by atoms with Crippen LogP contribution >= 0.6 is 0 Å². The van der Waals surface area contributed by atoms with Crippen molar-refractivity contribution in [3.05, 3.63) is 54.1 Å². The Morgan fingerprint density at radius 2 is 1.81 bits per heavy atom. The number of carbonyl (C=O) groups is 2. The lowest BCUT2D eigenvalue weighted by Crippen LogP contribution is -2.44. The number of nitrogens with zero attached hydrogens (tertiary/aromatic N) is 1. The van der Waals surface area contributed by atoms with E-state index < -0.39 is 0 Å². The summed E-state index contributed by atoms with van der Waals surface area (Å²) in [7, 11) is 1.48. The Hall–Kier alpha value is -2.86. The number of anilines is 3. The molecular formula is C21H25N3O3. The molecule has 142 valence electrons. The Bertz CT molecular complexity index is 820. The average Bonchev–Trinajstić information content (AvgIpc) is 2.98. The molecule has 0 saturated heterocycles. The van der Waals surface area contributed by atoms with E-state index in [-0.39, 0.29) is 30.5 Å². The first-order valence-corrected chi connectivity index (χ1v) is 9.06. The molecule has 0 spiro atoms. The third kappa shape index (κ3) is 4.28. The first kappa shape index (κ1) is 18.9. The van der Waals surface area contributed by atoms with Gasteiger partial charge in [-0.25, -0.2) is 0 Å². The molecule has 6 heteroatoms. The van der Waals surface area contributed by atoms with E-state index in [2.05, 4.69) is 23.6 Å². The van der Waals surface area contributed by atoms with Crippen molar-refractivity contribution in [3.8, 4) is 0 Å². The summed E-state index contributed by atoms with van der Waals surface area (Å²) >= 11 is 0. The summed E-state index contributed by atoms with van der Waals surface area (Å²) in [6.07, 6.45) is 0.879. The lowest BCUT2D eigenvalue weighted by atomic mass is 10.1. The second-order valence-corrected chi connectivity index (χ2v) is 6.81. The zero-order valence-electron chi connectivity index (χ0n) is 15.9. The number of para-hydroxylation sites is 1. The Balaban J connectivity index is 1.64. The first-order chi connectivity index (χ1) is 13.0. The average molecular weight is 367 g/mol. The van der Waals surface area contributed by atoms with Crippen LogP contribution in [0.3, 0.4) is 0 Å². The minimum Gasteiger partial charge on any atom is -0.375 e. The standard InChI is InChI=1S/C21H25N3O3/c1-14-12-16-6-4-5-7-19(16)24(14)21(26)15(2)22-17-8-10-18(11-9-17)23-20(25)13-27-3/h4-11,14-15,22H,12-13H2,1-3H3,(H,23,25)/t14-,15-/m1/s1. The van der Waals surface area contributed by atoms with Gasteiger partial charge in [-0.1, -0.05) is 18.2 Å². The molecule has 3 rings (SSSR count). The summed E-state index contributed by atoms with van der Waals surface area (Å²) < 4.78 is 4.79. The van der Waals surface area contributed by atoms with Gasteiger partial charge in [-0.3, -0.25) is 9.59 Å². The van der Waals surface area contributed by atoms with Gasteiger partial charge < -0.3 is 20.3 Å². The van der Waals surface area contributed by atoms with Gasteiger partial charge >= 0.3 is 0 Å². The van der Waals surface area contributed by atoms with Gasteiger partial charge in [-0.05, 0) is 56.2 Å². The fourth-order valence-corrected chi connectivity index (χ4v) is 3.40. The number of carbonyl (C=O) groups excluding carboxylic acids is 2. The van der Waals surface area contributed by atoms with Gasteiger partial charge in [0.1, 0.15) is 12.6 Å². The molecule has 6 nitrogen and oxygen atoms in total. The summed E-state index contributed by atoms with van der Waals surface area (Å²) in [5, 5.41) is 5.99. The molecule has 0 unspecified atom stereocenters. The van der Waals surface area contributed by atoms with E-state index >= 15 is 0 Å². The number of methoxy groups -OCH3 is 1. The molecule has 2 aromatic carbocycles. The molecule has 0 fully saturated rings. The molecule has 0 saturated carbocycles. The van der Waals surface area contributed by atoms with Crippen LogP contribution in [0.1, 0.15) is 19.4 Å². The molecule has 2 amide bonds. The van der Waals surface area contributed by atoms with Gasteiger partial charge in [-0.2, -0.15) is 0 Å². The lowest BCUT2D eigenvalue weighted by molar-refractivity contribution is -0.120. The number of hydrogen-bond acceptors (Lipinski definition) is 4. The highest BCUT2D eigenvalue weighted by atomic mass is 16.5. The number of nitrogens with one attached hydrogen (secondary N) is 2. The topological polar surface area (TPSA) is 70.7 Å². The molecule has 0 radical (unpaired) electrons. The van der Waals surface area contributed by atoms with E-state index in [4.69, 9.17) is 4.74 Å². The van der Waals surface area contributed by atoms with Gasteiger partial charge in [-0.15, -0.1) is 0 Å². The Labute approximate surface area is 159 Å². The largest absolute Gasteiger partial charge is 0.375 e. The highest BCUT2D eigenvalue weighted by Gasteiger charge is 2.32. The van der Waals surface area contributed by atoms with Crippen LogP contribution in [0, 0.1) is 0 Å². The van der Waals surface area contributed by atoms with Crippen LogP contribution in [0.15, 0.2) is 48.5 Å². The molecule has 27 heavy (non-hydrogen) atoms. The molecule has 0 bridgehead atoms. The Morgan fingerprint density at radius 3 is 2.52 bits per heavy atom. The third-order valence-corrected chi connectivity index (χ3v) is 4.64. The summed E-state index contributed by atoms with van der Waals surface area (Å²) in [5.41, 5.74) is 3.71. The van der Waals surface area contributed by atoms with Gasteiger partial charge in [0.05, 0.1) is 0 Å². The minimum atomic E-state index is -0.368. The van der Waals surface area contributed by atoms with Crippen LogP contribution in [-0.4, -0.2) is 37.6 Å². The van der Waals surface area contributed by atoms with Crippen molar-refractivity contribution in [2.75, 3.05) is 29.3 Å². The van der Waals surface area contributed by atoms with E-state index in [1.54, 1.807) is 12.1 Å².